The number of phosphoric ester groups is 1. The zero-order valence-electron chi connectivity index (χ0n) is 28.5. The van der Waals surface area contributed by atoms with Gasteiger partial charge in [-0.05, 0) is 25.1 Å². The molecule has 0 saturated heterocycles. The molecule has 0 amide bonds. The molecule has 0 radical (unpaired) electrons. The van der Waals surface area contributed by atoms with Crippen molar-refractivity contribution in [2.24, 2.45) is 4.99 Å². The molecule has 264 valence electrons. The highest BCUT2D eigenvalue weighted by Crippen LogP contribution is 2.43. The van der Waals surface area contributed by atoms with Crippen molar-refractivity contribution in [3.05, 3.63) is 0 Å². The quantitative estimate of drug-likeness (QED) is 0.0233. The SMILES string of the molecule is CCCCCCCCCCCCCC(=O)OC[C@H](COP(=O)(O)OCCN=C=S)OC(=O)CCCCCCCCCCCCC. The van der Waals surface area contributed by atoms with E-state index in [9.17, 15) is 19.0 Å². The lowest BCUT2D eigenvalue weighted by Crippen LogP contribution is -2.29. The number of thiocarbonyl (C=S) groups is 1. The number of rotatable bonds is 34. The van der Waals surface area contributed by atoms with E-state index >= 15 is 0 Å². The summed E-state index contributed by atoms with van der Waals surface area (Å²) in [5.41, 5.74) is 0. The van der Waals surface area contributed by atoms with E-state index in [2.05, 4.69) is 36.2 Å². The smallest absolute Gasteiger partial charge is 0.462 e. The first-order chi connectivity index (χ1) is 21.8. The lowest BCUT2D eigenvalue weighted by molar-refractivity contribution is -0.161. The number of hydrogen-bond donors (Lipinski definition) is 1. The van der Waals surface area contributed by atoms with Gasteiger partial charge in [-0.15, -0.1) is 0 Å². The van der Waals surface area contributed by atoms with Gasteiger partial charge in [-0.25, -0.2) is 9.56 Å². The fourth-order valence-electron chi connectivity index (χ4n) is 4.95. The van der Waals surface area contributed by atoms with Crippen LogP contribution >= 0.6 is 20.0 Å². The maximum absolute atomic E-state index is 12.5. The van der Waals surface area contributed by atoms with E-state index in [-0.39, 0.29) is 32.6 Å². The minimum atomic E-state index is -4.42. The van der Waals surface area contributed by atoms with Gasteiger partial charge in [0.1, 0.15) is 6.61 Å². The molecule has 1 N–H and O–H groups in total. The first-order valence-electron chi connectivity index (χ1n) is 17.8. The van der Waals surface area contributed by atoms with Crippen molar-refractivity contribution in [1.29, 1.82) is 0 Å². The van der Waals surface area contributed by atoms with Crippen LogP contribution in [0.1, 0.15) is 168 Å². The monoisotopic (exact) mass is 677 g/mol. The predicted octanol–water partition coefficient (Wildman–Crippen LogP) is 10.1. The molecule has 1 unspecified atom stereocenters. The molecule has 0 bridgehead atoms. The van der Waals surface area contributed by atoms with Crippen LogP contribution in [0, 0.1) is 0 Å². The molecule has 45 heavy (non-hydrogen) atoms. The van der Waals surface area contributed by atoms with Crippen molar-refractivity contribution < 1.29 is 37.6 Å². The number of ether oxygens (including phenoxy) is 2. The second-order valence-corrected chi connectivity index (χ2v) is 13.6. The third-order valence-corrected chi connectivity index (χ3v) is 8.76. The van der Waals surface area contributed by atoms with Crippen LogP contribution in [0.3, 0.4) is 0 Å². The topological polar surface area (TPSA) is 121 Å². The molecule has 0 spiro atoms. The predicted molar refractivity (Wildman–Crippen MR) is 185 cm³/mol. The Morgan fingerprint density at radius 2 is 1.09 bits per heavy atom. The molecule has 0 saturated carbocycles. The Bertz CT molecular complexity index is 809. The zero-order chi connectivity index (χ0) is 33.3. The summed E-state index contributed by atoms with van der Waals surface area (Å²) in [7, 11) is -4.42. The maximum Gasteiger partial charge on any atom is 0.472 e. The molecule has 2 atom stereocenters. The number of hydrogen-bond acceptors (Lipinski definition) is 9. The number of nitrogens with zero attached hydrogens (tertiary/aromatic N) is 1. The van der Waals surface area contributed by atoms with Crippen molar-refractivity contribution in [1.82, 2.24) is 0 Å². The van der Waals surface area contributed by atoms with Crippen LogP contribution in [0.2, 0.25) is 0 Å². The molecule has 0 aromatic heterocycles. The molecular formula is C34H64NO8PS. The standard InChI is InChI=1S/C34H64NO8PS/c1-3-5-7-9-11-13-15-17-19-21-23-25-33(36)40-29-32(30-42-44(38,39)41-28-27-35-31-45)43-34(37)26-24-22-20-18-16-14-12-10-8-6-4-2/h32H,3-30H2,1-2H3,(H,38,39)/t32-/m1/s1. The number of unbranched alkanes of at least 4 members (excludes halogenated alkanes) is 20. The van der Waals surface area contributed by atoms with Gasteiger partial charge in [-0.2, -0.15) is 0 Å². The lowest BCUT2D eigenvalue weighted by atomic mass is 10.1. The van der Waals surface area contributed by atoms with Crippen LogP contribution in [-0.4, -0.2) is 54.5 Å². The highest BCUT2D eigenvalue weighted by Gasteiger charge is 2.26. The number of carbonyl (C=O) groups excluding carboxylic acids is 2. The summed E-state index contributed by atoms with van der Waals surface area (Å²) in [6.45, 7) is 3.63. The first kappa shape index (κ1) is 43.9. The average molecular weight is 678 g/mol. The molecule has 0 aromatic rings. The number of phosphoric acid groups is 1. The third-order valence-electron chi connectivity index (χ3n) is 7.64. The third kappa shape index (κ3) is 32.6. The average Bonchev–Trinajstić information content (AvgIpc) is 3.02. The molecule has 0 aliphatic heterocycles. The van der Waals surface area contributed by atoms with E-state index in [1.807, 2.05) is 0 Å². The summed E-state index contributed by atoms with van der Waals surface area (Å²) in [5.74, 6) is -0.844. The summed E-state index contributed by atoms with van der Waals surface area (Å²) in [4.78, 5) is 38.4. The Morgan fingerprint density at radius 1 is 0.667 bits per heavy atom. The van der Waals surface area contributed by atoms with Crippen molar-refractivity contribution in [3.63, 3.8) is 0 Å². The van der Waals surface area contributed by atoms with Gasteiger partial charge in [0.2, 0.25) is 0 Å². The molecule has 0 rings (SSSR count). The zero-order valence-corrected chi connectivity index (χ0v) is 30.2. The second kappa shape index (κ2) is 32.8. The molecule has 0 aliphatic carbocycles. The van der Waals surface area contributed by atoms with Crippen molar-refractivity contribution in [2.45, 2.75) is 174 Å². The Balaban J connectivity index is 4.38. The molecule has 0 fully saturated rings. The summed E-state index contributed by atoms with van der Waals surface area (Å²) in [5, 5.41) is 2.14. The van der Waals surface area contributed by atoms with E-state index in [1.54, 1.807) is 0 Å². The van der Waals surface area contributed by atoms with E-state index in [4.69, 9.17) is 18.5 Å². The van der Waals surface area contributed by atoms with Gasteiger partial charge in [0.15, 0.2) is 6.10 Å². The van der Waals surface area contributed by atoms with E-state index in [0.29, 0.717) is 6.42 Å². The Kier molecular flexibility index (Phi) is 31.9. The summed E-state index contributed by atoms with van der Waals surface area (Å²) >= 11 is 4.46. The van der Waals surface area contributed by atoms with E-state index in [0.717, 1.165) is 38.5 Å². The second-order valence-electron chi connectivity index (χ2n) is 11.9. The van der Waals surface area contributed by atoms with Gasteiger partial charge in [-0.3, -0.25) is 18.6 Å². The number of aliphatic imine (C=N–C) groups is 1. The van der Waals surface area contributed by atoms with Crippen LogP contribution < -0.4 is 0 Å². The summed E-state index contributed by atoms with van der Waals surface area (Å²) < 4.78 is 32.9. The van der Waals surface area contributed by atoms with E-state index < -0.39 is 32.5 Å². The Labute approximate surface area is 279 Å². The van der Waals surface area contributed by atoms with Gasteiger partial charge in [0.25, 0.3) is 0 Å². The lowest BCUT2D eigenvalue weighted by Gasteiger charge is -2.19. The van der Waals surface area contributed by atoms with Crippen LogP contribution in [0.25, 0.3) is 0 Å². The molecular weight excluding hydrogens is 613 g/mol. The van der Waals surface area contributed by atoms with E-state index in [1.165, 1.54) is 96.3 Å². The van der Waals surface area contributed by atoms with Crippen molar-refractivity contribution >= 4 is 37.1 Å². The normalized spacial score (nSPS) is 13.1. The van der Waals surface area contributed by atoms with Crippen molar-refractivity contribution in [3.8, 4) is 0 Å². The molecule has 11 heteroatoms. The van der Waals surface area contributed by atoms with Gasteiger partial charge in [-0.1, -0.05) is 142 Å². The Hall–Kier alpha value is -1.15. The molecule has 9 nitrogen and oxygen atoms in total. The van der Waals surface area contributed by atoms with Gasteiger partial charge >= 0.3 is 19.8 Å². The maximum atomic E-state index is 12.5. The number of esters is 2. The fraction of sp³-hybridized carbons (Fsp3) is 0.912. The van der Waals surface area contributed by atoms with Gasteiger partial charge in [0, 0.05) is 12.8 Å². The van der Waals surface area contributed by atoms with Gasteiger partial charge in [0.05, 0.1) is 24.9 Å². The molecule has 0 heterocycles. The highest BCUT2D eigenvalue weighted by molar-refractivity contribution is 7.78. The summed E-state index contributed by atoms with van der Waals surface area (Å²) in [6, 6.07) is 0. The van der Waals surface area contributed by atoms with Crippen LogP contribution in [-0.2, 0) is 32.7 Å². The Morgan fingerprint density at radius 3 is 1.53 bits per heavy atom. The molecule has 0 aromatic carbocycles. The van der Waals surface area contributed by atoms with Crippen LogP contribution in [0.5, 0.6) is 0 Å². The number of isothiocyanates is 1. The van der Waals surface area contributed by atoms with Crippen molar-refractivity contribution in [2.75, 3.05) is 26.4 Å². The van der Waals surface area contributed by atoms with Crippen LogP contribution in [0.15, 0.2) is 4.99 Å². The summed E-state index contributed by atoms with van der Waals surface area (Å²) in [6.07, 6.45) is 25.4. The molecule has 0 aliphatic rings. The first-order valence-corrected chi connectivity index (χ1v) is 19.8. The largest absolute Gasteiger partial charge is 0.472 e. The highest BCUT2D eigenvalue weighted by atomic mass is 32.1. The minimum absolute atomic E-state index is 0.0610. The van der Waals surface area contributed by atoms with Gasteiger partial charge < -0.3 is 14.4 Å². The number of carbonyl (C=O) groups is 2. The minimum Gasteiger partial charge on any atom is -0.462 e. The fourth-order valence-corrected chi connectivity index (χ4v) is 5.78. The van der Waals surface area contributed by atoms with Crippen LogP contribution in [0.4, 0.5) is 0 Å².